The third-order valence-electron chi connectivity index (χ3n) is 3.84. The molecule has 2 aromatic rings. The van der Waals surface area contributed by atoms with Gasteiger partial charge in [0.2, 0.25) is 0 Å². The summed E-state index contributed by atoms with van der Waals surface area (Å²) in [7, 11) is 0. The van der Waals surface area contributed by atoms with Crippen LogP contribution in [0.3, 0.4) is 0 Å². The molecule has 0 aliphatic carbocycles. The van der Waals surface area contributed by atoms with Gasteiger partial charge in [0.15, 0.2) is 0 Å². The summed E-state index contributed by atoms with van der Waals surface area (Å²) < 4.78 is 5.55. The predicted molar refractivity (Wildman–Crippen MR) is 89.1 cm³/mol. The lowest BCUT2D eigenvalue weighted by molar-refractivity contribution is -0.139. The fourth-order valence-corrected chi connectivity index (χ4v) is 3.50. The molecule has 24 heavy (non-hydrogen) atoms. The Morgan fingerprint density at radius 3 is 2.83 bits per heavy atom. The van der Waals surface area contributed by atoms with E-state index in [1.54, 1.807) is 0 Å². The molecule has 0 spiro atoms. The Kier molecular flexibility index (Phi) is 5.22. The lowest BCUT2D eigenvalue weighted by atomic mass is 10.1. The second-order valence-corrected chi connectivity index (χ2v) is 6.68. The topological polar surface area (TPSA) is 88.5 Å². The number of hydrogen-bond donors (Lipinski definition) is 2. The molecule has 0 radical (unpaired) electrons. The molecule has 2 N–H and O–H groups in total. The van der Waals surface area contributed by atoms with Crippen molar-refractivity contribution in [3.8, 4) is 0 Å². The highest BCUT2D eigenvalue weighted by molar-refractivity contribution is 7.13. The van der Waals surface area contributed by atoms with Gasteiger partial charge >= 0.3 is 5.97 Å². The Bertz CT molecular complexity index is 710. The maximum absolute atomic E-state index is 12.3. The van der Waals surface area contributed by atoms with E-state index in [1.165, 1.54) is 17.5 Å². The number of thiazole rings is 1. The van der Waals surface area contributed by atoms with Crippen LogP contribution in [-0.2, 0) is 16.0 Å². The van der Waals surface area contributed by atoms with Crippen LogP contribution in [0.2, 0.25) is 0 Å². The molecule has 3 rings (SSSR count). The fraction of sp³-hybridized carbons (Fsp3) is 0.353. The summed E-state index contributed by atoms with van der Waals surface area (Å²) in [4.78, 5) is 28.4. The normalized spacial score (nSPS) is 18.2. The van der Waals surface area contributed by atoms with Crippen LogP contribution in [0.4, 0.5) is 0 Å². The first kappa shape index (κ1) is 16.6. The smallest absolute Gasteiger partial charge is 0.326 e. The summed E-state index contributed by atoms with van der Waals surface area (Å²) in [5.74, 6) is -1.48. The van der Waals surface area contributed by atoms with Crippen molar-refractivity contribution < 1.29 is 19.4 Å². The highest BCUT2D eigenvalue weighted by Gasteiger charge is 2.25. The van der Waals surface area contributed by atoms with Gasteiger partial charge in [0.1, 0.15) is 22.0 Å². The molecule has 6 nitrogen and oxygen atoms in total. The molecule has 7 heteroatoms. The summed E-state index contributed by atoms with van der Waals surface area (Å²) in [5.41, 5.74) is 0.856. The van der Waals surface area contributed by atoms with Crippen LogP contribution in [0.15, 0.2) is 36.5 Å². The summed E-state index contributed by atoms with van der Waals surface area (Å²) in [5, 5.41) is 12.7. The molecule has 2 heterocycles. The molecular formula is C17H18N2O4S. The first-order valence-corrected chi connectivity index (χ1v) is 8.60. The number of aliphatic carboxylic acids is 1. The predicted octanol–water partition coefficient (Wildman–Crippen LogP) is 2.42. The second-order valence-electron chi connectivity index (χ2n) is 5.62. The number of carbonyl (C=O) groups excluding carboxylic acids is 1. The minimum absolute atomic E-state index is 0.0452. The monoisotopic (exact) mass is 346 g/mol. The SMILES string of the molecule is O=C(NC(Cc1ccccc1)C(=O)O)c1cnc(C2CCCO2)s1. The van der Waals surface area contributed by atoms with Crippen molar-refractivity contribution in [2.75, 3.05) is 6.61 Å². The van der Waals surface area contributed by atoms with Gasteiger partial charge in [-0.25, -0.2) is 9.78 Å². The third kappa shape index (κ3) is 3.98. The average Bonchev–Trinajstić information content (AvgIpc) is 3.26. The molecular weight excluding hydrogens is 328 g/mol. The number of rotatable bonds is 6. The number of nitrogens with zero attached hydrogens (tertiary/aromatic N) is 1. The zero-order chi connectivity index (χ0) is 16.9. The van der Waals surface area contributed by atoms with E-state index in [0.717, 1.165) is 23.4 Å². The van der Waals surface area contributed by atoms with Crippen molar-refractivity contribution in [3.63, 3.8) is 0 Å². The number of hydrogen-bond acceptors (Lipinski definition) is 5. The number of ether oxygens (including phenoxy) is 1. The Morgan fingerprint density at radius 1 is 1.38 bits per heavy atom. The molecule has 1 fully saturated rings. The van der Waals surface area contributed by atoms with Crippen molar-refractivity contribution in [2.24, 2.45) is 0 Å². The molecule has 1 amide bonds. The van der Waals surface area contributed by atoms with E-state index in [4.69, 9.17) is 4.74 Å². The number of carboxylic acid groups (broad SMARTS) is 1. The Hall–Kier alpha value is -2.25. The van der Waals surface area contributed by atoms with Gasteiger partial charge in [-0.2, -0.15) is 0 Å². The van der Waals surface area contributed by atoms with Crippen LogP contribution in [0.25, 0.3) is 0 Å². The molecule has 1 saturated heterocycles. The van der Waals surface area contributed by atoms with E-state index in [0.29, 0.717) is 11.5 Å². The highest BCUT2D eigenvalue weighted by atomic mass is 32.1. The maximum atomic E-state index is 12.3. The number of benzene rings is 1. The van der Waals surface area contributed by atoms with Crippen molar-refractivity contribution in [1.82, 2.24) is 10.3 Å². The highest BCUT2D eigenvalue weighted by Crippen LogP contribution is 2.31. The molecule has 2 atom stereocenters. The number of nitrogens with one attached hydrogen (secondary N) is 1. The van der Waals surface area contributed by atoms with Crippen LogP contribution in [-0.4, -0.2) is 34.6 Å². The van der Waals surface area contributed by atoms with Gasteiger partial charge < -0.3 is 15.2 Å². The Balaban J connectivity index is 1.66. The molecule has 1 aromatic carbocycles. The Morgan fingerprint density at radius 2 is 2.17 bits per heavy atom. The largest absolute Gasteiger partial charge is 0.480 e. The number of carboxylic acids is 1. The molecule has 0 bridgehead atoms. The minimum atomic E-state index is -1.06. The van der Waals surface area contributed by atoms with Crippen molar-refractivity contribution >= 4 is 23.2 Å². The lowest BCUT2D eigenvalue weighted by Gasteiger charge is -2.13. The standard InChI is InChI=1S/C17H18N2O4S/c20-15(14-10-18-16(24-14)13-7-4-8-23-13)19-12(17(21)22)9-11-5-2-1-3-6-11/h1-3,5-6,10,12-13H,4,7-9H2,(H,19,20)(H,21,22). The van der Waals surface area contributed by atoms with Crippen LogP contribution in [0, 0.1) is 0 Å². The van der Waals surface area contributed by atoms with Crippen molar-refractivity contribution in [3.05, 3.63) is 52.0 Å². The number of aromatic nitrogens is 1. The summed E-state index contributed by atoms with van der Waals surface area (Å²) in [6.45, 7) is 0.712. The molecule has 0 saturated carbocycles. The quantitative estimate of drug-likeness (QED) is 0.838. The minimum Gasteiger partial charge on any atom is -0.480 e. The van der Waals surface area contributed by atoms with Crippen LogP contribution in [0.1, 0.15) is 39.2 Å². The third-order valence-corrected chi connectivity index (χ3v) is 4.93. The van der Waals surface area contributed by atoms with Gasteiger partial charge in [0.25, 0.3) is 5.91 Å². The first-order valence-electron chi connectivity index (χ1n) is 7.78. The molecule has 126 valence electrons. The molecule has 2 unspecified atom stereocenters. The number of amides is 1. The summed E-state index contributed by atoms with van der Waals surface area (Å²) in [6, 6.07) is 8.24. The molecule has 1 aliphatic heterocycles. The van der Waals surface area contributed by atoms with Gasteiger partial charge in [-0.15, -0.1) is 11.3 Å². The number of carbonyl (C=O) groups is 2. The van der Waals surface area contributed by atoms with E-state index in [2.05, 4.69) is 10.3 Å². The van der Waals surface area contributed by atoms with Gasteiger partial charge in [-0.05, 0) is 18.4 Å². The van der Waals surface area contributed by atoms with Crippen LogP contribution < -0.4 is 5.32 Å². The van der Waals surface area contributed by atoms with Crippen molar-refractivity contribution in [1.29, 1.82) is 0 Å². The van der Waals surface area contributed by atoms with Crippen LogP contribution in [0.5, 0.6) is 0 Å². The zero-order valence-electron chi connectivity index (χ0n) is 13.0. The lowest BCUT2D eigenvalue weighted by Crippen LogP contribution is -2.42. The fourth-order valence-electron chi connectivity index (χ4n) is 2.59. The second kappa shape index (κ2) is 7.55. The van der Waals surface area contributed by atoms with E-state index >= 15 is 0 Å². The molecule has 1 aliphatic rings. The van der Waals surface area contributed by atoms with Crippen LogP contribution >= 0.6 is 11.3 Å². The average molecular weight is 346 g/mol. The zero-order valence-corrected chi connectivity index (χ0v) is 13.8. The Labute approximate surface area is 143 Å². The summed E-state index contributed by atoms with van der Waals surface area (Å²) >= 11 is 1.26. The van der Waals surface area contributed by atoms with Gasteiger partial charge in [-0.3, -0.25) is 4.79 Å². The van der Waals surface area contributed by atoms with E-state index < -0.39 is 17.9 Å². The van der Waals surface area contributed by atoms with Crippen molar-refractivity contribution in [2.45, 2.75) is 31.4 Å². The molecule has 1 aromatic heterocycles. The van der Waals surface area contributed by atoms with E-state index in [1.807, 2.05) is 30.3 Å². The van der Waals surface area contributed by atoms with Gasteiger partial charge in [-0.1, -0.05) is 30.3 Å². The maximum Gasteiger partial charge on any atom is 0.326 e. The van der Waals surface area contributed by atoms with Gasteiger partial charge in [0.05, 0.1) is 6.20 Å². The van der Waals surface area contributed by atoms with Gasteiger partial charge in [0, 0.05) is 13.0 Å². The first-order chi connectivity index (χ1) is 11.6. The van der Waals surface area contributed by atoms with E-state index in [-0.39, 0.29) is 12.5 Å². The van der Waals surface area contributed by atoms with E-state index in [9.17, 15) is 14.7 Å². The summed E-state index contributed by atoms with van der Waals surface area (Å²) in [6.07, 6.45) is 3.57.